The Kier molecular flexibility index (Phi) is 8.98. The Labute approximate surface area is 195 Å². The Morgan fingerprint density at radius 2 is 1.84 bits per heavy atom. The van der Waals surface area contributed by atoms with Crippen LogP contribution in [0.2, 0.25) is 5.02 Å². The molecular weight excluding hydrogens is 493 g/mol. The van der Waals surface area contributed by atoms with Crippen LogP contribution in [0.25, 0.3) is 0 Å². The van der Waals surface area contributed by atoms with E-state index >= 15 is 0 Å². The number of nitrogens with one attached hydrogen (secondary N) is 1. The number of halogens is 5. The lowest BCUT2D eigenvalue weighted by Crippen LogP contribution is -2.44. The summed E-state index contributed by atoms with van der Waals surface area (Å²) in [6.45, 7) is 7.08. The van der Waals surface area contributed by atoms with Crippen LogP contribution in [0.3, 0.4) is 0 Å². The van der Waals surface area contributed by atoms with Crippen molar-refractivity contribution in [2.75, 3.05) is 13.6 Å². The summed E-state index contributed by atoms with van der Waals surface area (Å²) in [7, 11) is 1.98. The number of hydrogen-bond acceptors (Lipinski definition) is 2. The zero-order chi connectivity index (χ0) is 23.3. The standard InChI is InChI=1S/C23H27BrClF3N2O/c1-5-14(2)13-30(4)15(3)21(16-8-6-9-17(24)12-16)29-22(31)18-10-7-11-19(20(18)25)23(26,27)28/h6-12,14-15,21H,5,13H2,1-4H3,(H,29,31). The summed E-state index contributed by atoms with van der Waals surface area (Å²) in [5, 5.41) is 2.32. The van der Waals surface area contributed by atoms with Gasteiger partial charge in [-0.2, -0.15) is 13.2 Å². The summed E-state index contributed by atoms with van der Waals surface area (Å²) in [6.07, 6.45) is -3.62. The second kappa shape index (κ2) is 10.8. The molecular formula is C23H27BrClF3N2O. The normalized spacial score (nSPS) is 14.9. The Morgan fingerprint density at radius 1 is 1.19 bits per heavy atom. The van der Waals surface area contributed by atoms with Crippen LogP contribution in [-0.4, -0.2) is 30.4 Å². The minimum absolute atomic E-state index is 0.114. The lowest BCUT2D eigenvalue weighted by Gasteiger charge is -2.34. The number of hydrogen-bond donors (Lipinski definition) is 1. The van der Waals surface area contributed by atoms with E-state index in [0.29, 0.717) is 5.92 Å². The van der Waals surface area contributed by atoms with Gasteiger partial charge in [-0.05, 0) is 49.7 Å². The highest BCUT2D eigenvalue weighted by atomic mass is 79.9. The van der Waals surface area contributed by atoms with Crippen molar-refractivity contribution in [1.82, 2.24) is 10.2 Å². The Bertz CT molecular complexity index is 907. The minimum Gasteiger partial charge on any atom is -0.344 e. The first-order chi connectivity index (χ1) is 14.5. The van der Waals surface area contributed by atoms with E-state index in [9.17, 15) is 18.0 Å². The van der Waals surface area contributed by atoms with Crippen molar-refractivity contribution in [3.05, 3.63) is 68.7 Å². The van der Waals surface area contributed by atoms with Gasteiger partial charge in [0, 0.05) is 17.1 Å². The maximum atomic E-state index is 13.2. The van der Waals surface area contributed by atoms with Crippen molar-refractivity contribution in [3.63, 3.8) is 0 Å². The number of amides is 1. The molecule has 170 valence electrons. The fraction of sp³-hybridized carbons (Fsp3) is 0.435. The molecule has 0 saturated heterocycles. The van der Waals surface area contributed by atoms with Gasteiger partial charge in [-0.1, -0.05) is 66.0 Å². The van der Waals surface area contributed by atoms with Gasteiger partial charge < -0.3 is 10.2 Å². The third kappa shape index (κ3) is 6.70. The van der Waals surface area contributed by atoms with Gasteiger partial charge in [0.05, 0.1) is 22.2 Å². The number of carbonyl (C=O) groups excluding carboxylic acids is 1. The van der Waals surface area contributed by atoms with Gasteiger partial charge in [-0.3, -0.25) is 4.79 Å². The molecule has 0 aromatic heterocycles. The van der Waals surface area contributed by atoms with Gasteiger partial charge in [0.1, 0.15) is 0 Å². The van der Waals surface area contributed by atoms with E-state index in [1.54, 1.807) is 0 Å². The van der Waals surface area contributed by atoms with Gasteiger partial charge in [-0.15, -0.1) is 0 Å². The number of nitrogens with zero attached hydrogens (tertiary/aromatic N) is 1. The smallest absolute Gasteiger partial charge is 0.344 e. The number of rotatable bonds is 8. The van der Waals surface area contributed by atoms with E-state index in [0.717, 1.165) is 29.1 Å². The van der Waals surface area contributed by atoms with E-state index in [1.807, 2.05) is 38.2 Å². The third-order valence-electron chi connectivity index (χ3n) is 5.52. The molecule has 0 bridgehead atoms. The van der Waals surface area contributed by atoms with Crippen LogP contribution in [0, 0.1) is 5.92 Å². The number of carbonyl (C=O) groups is 1. The molecule has 0 fully saturated rings. The van der Waals surface area contributed by atoms with Gasteiger partial charge in [0.15, 0.2) is 0 Å². The molecule has 1 amide bonds. The first-order valence-electron chi connectivity index (χ1n) is 10.1. The van der Waals surface area contributed by atoms with Crippen LogP contribution in [0.1, 0.15) is 54.7 Å². The van der Waals surface area contributed by atoms with Crippen molar-refractivity contribution >= 4 is 33.4 Å². The van der Waals surface area contributed by atoms with E-state index in [4.69, 9.17) is 11.6 Å². The Morgan fingerprint density at radius 3 is 2.42 bits per heavy atom. The molecule has 2 aromatic rings. The molecule has 1 N–H and O–H groups in total. The average Bonchev–Trinajstić information content (AvgIpc) is 2.70. The zero-order valence-corrected chi connectivity index (χ0v) is 20.3. The van der Waals surface area contributed by atoms with Crippen LogP contribution in [0.15, 0.2) is 46.9 Å². The lowest BCUT2D eigenvalue weighted by atomic mass is 9.97. The van der Waals surface area contributed by atoms with Crippen LogP contribution < -0.4 is 5.32 Å². The Balaban J connectivity index is 2.39. The van der Waals surface area contributed by atoms with E-state index in [1.165, 1.54) is 12.1 Å². The molecule has 8 heteroatoms. The molecule has 31 heavy (non-hydrogen) atoms. The molecule has 3 unspecified atom stereocenters. The molecule has 0 saturated carbocycles. The monoisotopic (exact) mass is 518 g/mol. The van der Waals surface area contributed by atoms with Crippen molar-refractivity contribution < 1.29 is 18.0 Å². The van der Waals surface area contributed by atoms with Gasteiger partial charge in [0.25, 0.3) is 5.91 Å². The van der Waals surface area contributed by atoms with E-state index < -0.39 is 28.7 Å². The average molecular weight is 520 g/mol. The van der Waals surface area contributed by atoms with Crippen LogP contribution in [-0.2, 0) is 6.18 Å². The fourth-order valence-electron chi connectivity index (χ4n) is 3.37. The third-order valence-corrected chi connectivity index (χ3v) is 6.42. The molecule has 3 atom stereocenters. The molecule has 2 aromatic carbocycles. The Hall–Kier alpha value is -1.57. The largest absolute Gasteiger partial charge is 0.417 e. The highest BCUT2D eigenvalue weighted by Crippen LogP contribution is 2.36. The van der Waals surface area contributed by atoms with Crippen molar-refractivity contribution in [2.24, 2.45) is 5.92 Å². The molecule has 3 nitrogen and oxygen atoms in total. The van der Waals surface area contributed by atoms with Gasteiger partial charge in [-0.25, -0.2) is 0 Å². The predicted octanol–water partition coefficient (Wildman–Crippen LogP) is 6.96. The number of likely N-dealkylation sites (N-methyl/N-ethyl adjacent to an activating group) is 1. The van der Waals surface area contributed by atoms with Crippen LogP contribution in [0.5, 0.6) is 0 Å². The topological polar surface area (TPSA) is 32.3 Å². The zero-order valence-electron chi connectivity index (χ0n) is 17.9. The first kappa shape index (κ1) is 25.7. The minimum atomic E-state index is -4.64. The predicted molar refractivity (Wildman–Crippen MR) is 122 cm³/mol. The van der Waals surface area contributed by atoms with E-state index in [-0.39, 0.29) is 11.6 Å². The summed E-state index contributed by atoms with van der Waals surface area (Å²) in [4.78, 5) is 15.2. The summed E-state index contributed by atoms with van der Waals surface area (Å²) in [6, 6.07) is 10.3. The first-order valence-corrected chi connectivity index (χ1v) is 11.2. The maximum absolute atomic E-state index is 13.2. The summed E-state index contributed by atoms with van der Waals surface area (Å²) in [5.74, 6) is -0.186. The highest BCUT2D eigenvalue weighted by molar-refractivity contribution is 9.10. The van der Waals surface area contributed by atoms with E-state index in [2.05, 4.69) is 40.0 Å². The molecule has 0 radical (unpaired) electrons. The summed E-state index contributed by atoms with van der Waals surface area (Å²) in [5.41, 5.74) is -0.384. The van der Waals surface area contributed by atoms with Crippen molar-refractivity contribution in [3.8, 4) is 0 Å². The molecule has 0 aliphatic carbocycles. The second-order valence-corrected chi connectivity index (χ2v) is 9.16. The quantitative estimate of drug-likeness (QED) is 0.409. The maximum Gasteiger partial charge on any atom is 0.417 e. The lowest BCUT2D eigenvalue weighted by molar-refractivity contribution is -0.137. The molecule has 0 aliphatic heterocycles. The summed E-state index contributed by atoms with van der Waals surface area (Å²) < 4.78 is 40.5. The number of benzene rings is 2. The summed E-state index contributed by atoms with van der Waals surface area (Å²) >= 11 is 9.42. The van der Waals surface area contributed by atoms with Crippen LogP contribution in [0.4, 0.5) is 13.2 Å². The van der Waals surface area contributed by atoms with Crippen molar-refractivity contribution in [1.29, 1.82) is 0 Å². The molecule has 0 spiro atoms. The number of alkyl halides is 3. The highest BCUT2D eigenvalue weighted by Gasteiger charge is 2.35. The molecule has 0 heterocycles. The van der Waals surface area contributed by atoms with Gasteiger partial charge >= 0.3 is 6.18 Å². The SMILES string of the molecule is CCC(C)CN(C)C(C)C(NC(=O)c1cccc(C(F)(F)F)c1Cl)c1cccc(Br)c1. The fourth-order valence-corrected chi connectivity index (χ4v) is 4.11. The van der Waals surface area contributed by atoms with Gasteiger partial charge in [0.2, 0.25) is 0 Å². The van der Waals surface area contributed by atoms with Crippen molar-refractivity contribution in [2.45, 2.75) is 45.5 Å². The second-order valence-electron chi connectivity index (χ2n) is 7.86. The van der Waals surface area contributed by atoms with Crippen LogP contribution >= 0.6 is 27.5 Å². The molecule has 2 rings (SSSR count). The molecule has 0 aliphatic rings.